The Balaban J connectivity index is 1.79. The monoisotopic (exact) mass is 440 g/mol. The summed E-state index contributed by atoms with van der Waals surface area (Å²) >= 11 is 0. The Morgan fingerprint density at radius 3 is 2.59 bits per heavy atom. The Kier molecular flexibility index (Phi) is 6.14. The Hall–Kier alpha value is -3.39. The molecule has 1 amide bonds. The van der Waals surface area contributed by atoms with Crippen molar-refractivity contribution < 1.29 is 28.6 Å². The number of carbonyl (C=O) groups is 2. The van der Waals surface area contributed by atoms with E-state index in [9.17, 15) is 19.1 Å². The molecule has 0 radical (unpaired) electrons. The van der Waals surface area contributed by atoms with Gasteiger partial charge in [-0.25, -0.2) is 4.39 Å². The molecule has 1 fully saturated rings. The molecule has 0 saturated carbocycles. The number of rotatable bonds is 7. The van der Waals surface area contributed by atoms with Crippen LogP contribution in [-0.4, -0.2) is 59.6 Å². The number of nitrogens with zero attached hydrogens (tertiary/aromatic N) is 2. The van der Waals surface area contributed by atoms with Gasteiger partial charge in [0.2, 0.25) is 6.79 Å². The van der Waals surface area contributed by atoms with Gasteiger partial charge in [-0.1, -0.05) is 26.0 Å². The second-order valence-electron chi connectivity index (χ2n) is 7.64. The highest BCUT2D eigenvalue weighted by atomic mass is 19.1. The van der Waals surface area contributed by atoms with E-state index in [1.54, 1.807) is 24.3 Å². The van der Waals surface area contributed by atoms with Crippen LogP contribution in [0.15, 0.2) is 48.0 Å². The van der Waals surface area contributed by atoms with Crippen LogP contribution in [0, 0.1) is 5.82 Å². The molecule has 1 N–H and O–H groups in total. The molecular formula is C24H25FN2O5. The van der Waals surface area contributed by atoms with Gasteiger partial charge in [0, 0.05) is 18.7 Å². The Bertz CT molecular complexity index is 1080. The first kappa shape index (κ1) is 21.8. The minimum absolute atomic E-state index is 0.0680. The third-order valence-corrected chi connectivity index (χ3v) is 5.90. The summed E-state index contributed by atoms with van der Waals surface area (Å²) in [5.41, 5.74) is 0.669. The van der Waals surface area contributed by atoms with E-state index in [1.807, 2.05) is 13.8 Å². The van der Waals surface area contributed by atoms with Gasteiger partial charge in [-0.15, -0.1) is 0 Å². The number of ketones is 1. The van der Waals surface area contributed by atoms with Gasteiger partial charge in [-0.3, -0.25) is 9.59 Å². The summed E-state index contributed by atoms with van der Waals surface area (Å²) in [5.74, 6) is -1.36. The number of hydrogen-bond acceptors (Lipinski definition) is 6. The SMILES string of the molecule is CCN(CC)CCN1C(=O)C(=O)C(=C(O)c2ccc3c(c2)OCO3)[C@H]1c1cccc(F)c1. The number of Topliss-reactive ketones (excluding diaryl/α,β-unsaturated/α-hetero) is 1. The molecule has 4 rings (SSSR count). The van der Waals surface area contributed by atoms with Gasteiger partial charge in [0.25, 0.3) is 11.7 Å². The third kappa shape index (κ3) is 3.93. The summed E-state index contributed by atoms with van der Waals surface area (Å²) < 4.78 is 24.7. The molecule has 2 aromatic rings. The van der Waals surface area contributed by atoms with Crippen LogP contribution in [0.4, 0.5) is 4.39 Å². The molecule has 7 nitrogen and oxygen atoms in total. The highest BCUT2D eigenvalue weighted by molar-refractivity contribution is 6.46. The van der Waals surface area contributed by atoms with E-state index >= 15 is 0 Å². The Morgan fingerprint density at radius 2 is 1.88 bits per heavy atom. The van der Waals surface area contributed by atoms with Gasteiger partial charge in [0.05, 0.1) is 11.6 Å². The molecule has 1 saturated heterocycles. The van der Waals surface area contributed by atoms with Crippen LogP contribution < -0.4 is 9.47 Å². The lowest BCUT2D eigenvalue weighted by atomic mass is 9.95. The minimum atomic E-state index is -0.897. The molecule has 0 bridgehead atoms. The van der Waals surface area contributed by atoms with Crippen molar-refractivity contribution in [1.29, 1.82) is 0 Å². The molecule has 168 valence electrons. The summed E-state index contributed by atoms with van der Waals surface area (Å²) in [6.07, 6.45) is 0. The van der Waals surface area contributed by atoms with Crippen LogP contribution in [0.5, 0.6) is 11.5 Å². The maximum absolute atomic E-state index is 14.1. The van der Waals surface area contributed by atoms with E-state index in [4.69, 9.17) is 9.47 Å². The van der Waals surface area contributed by atoms with Gasteiger partial charge in [0.15, 0.2) is 11.5 Å². The molecule has 0 aliphatic carbocycles. The zero-order valence-electron chi connectivity index (χ0n) is 18.0. The lowest BCUT2D eigenvalue weighted by Gasteiger charge is -2.28. The lowest BCUT2D eigenvalue weighted by molar-refractivity contribution is -0.140. The minimum Gasteiger partial charge on any atom is -0.507 e. The van der Waals surface area contributed by atoms with Gasteiger partial charge < -0.3 is 24.4 Å². The average molecular weight is 440 g/mol. The van der Waals surface area contributed by atoms with Gasteiger partial charge in [0.1, 0.15) is 11.6 Å². The number of carbonyl (C=O) groups excluding carboxylic acids is 2. The van der Waals surface area contributed by atoms with Crippen LogP contribution >= 0.6 is 0 Å². The number of ether oxygens (including phenoxy) is 2. The van der Waals surface area contributed by atoms with E-state index in [-0.39, 0.29) is 24.7 Å². The molecule has 2 heterocycles. The first-order valence-electron chi connectivity index (χ1n) is 10.6. The summed E-state index contributed by atoms with van der Waals surface area (Å²) in [6, 6.07) is 9.64. The van der Waals surface area contributed by atoms with E-state index in [0.717, 1.165) is 13.1 Å². The van der Waals surface area contributed by atoms with Gasteiger partial charge >= 0.3 is 0 Å². The molecule has 0 aromatic heterocycles. The highest BCUT2D eigenvalue weighted by Crippen LogP contribution is 2.41. The standard InChI is InChI=1S/C24H25FN2O5/c1-3-26(4-2)10-11-27-21(15-6-5-7-17(25)12-15)20(23(29)24(27)30)22(28)16-8-9-18-19(13-16)32-14-31-18/h5-9,12-13,21,28H,3-4,10-11,14H2,1-2H3/t21-/m1/s1. The van der Waals surface area contributed by atoms with Crippen LogP contribution in [0.25, 0.3) is 5.76 Å². The van der Waals surface area contributed by atoms with Crippen molar-refractivity contribution in [3.05, 3.63) is 65.0 Å². The number of hydrogen-bond donors (Lipinski definition) is 1. The maximum atomic E-state index is 14.1. The summed E-state index contributed by atoms with van der Waals surface area (Å²) in [6.45, 7) is 6.51. The number of likely N-dealkylation sites (tertiary alicyclic amines) is 1. The largest absolute Gasteiger partial charge is 0.507 e. The van der Waals surface area contributed by atoms with E-state index in [2.05, 4.69) is 4.90 Å². The number of aliphatic hydroxyl groups excluding tert-OH is 1. The molecular weight excluding hydrogens is 415 g/mol. The normalized spacial score (nSPS) is 19.2. The second-order valence-corrected chi connectivity index (χ2v) is 7.64. The molecule has 0 spiro atoms. The van der Waals surface area contributed by atoms with Crippen molar-refractivity contribution in [1.82, 2.24) is 9.80 Å². The zero-order chi connectivity index (χ0) is 22.8. The van der Waals surface area contributed by atoms with Crippen LogP contribution in [0.2, 0.25) is 0 Å². The zero-order valence-corrected chi connectivity index (χ0v) is 18.0. The molecule has 2 aliphatic heterocycles. The van der Waals surface area contributed by atoms with Crippen molar-refractivity contribution in [2.75, 3.05) is 33.0 Å². The van der Waals surface area contributed by atoms with Crippen LogP contribution in [0.3, 0.4) is 0 Å². The second kappa shape index (κ2) is 9.00. The highest BCUT2D eigenvalue weighted by Gasteiger charge is 2.46. The molecule has 2 aromatic carbocycles. The number of amides is 1. The van der Waals surface area contributed by atoms with Crippen molar-refractivity contribution in [3.63, 3.8) is 0 Å². The van der Waals surface area contributed by atoms with Crippen molar-refractivity contribution in [2.45, 2.75) is 19.9 Å². The van der Waals surface area contributed by atoms with Crippen LogP contribution in [-0.2, 0) is 9.59 Å². The Labute approximate surface area is 185 Å². The average Bonchev–Trinajstić information content (AvgIpc) is 3.36. The summed E-state index contributed by atoms with van der Waals surface area (Å²) in [4.78, 5) is 29.6. The topological polar surface area (TPSA) is 79.3 Å². The predicted molar refractivity (Wildman–Crippen MR) is 116 cm³/mol. The van der Waals surface area contributed by atoms with Crippen molar-refractivity contribution in [3.8, 4) is 11.5 Å². The predicted octanol–water partition coefficient (Wildman–Crippen LogP) is 3.32. The number of halogens is 1. The fourth-order valence-electron chi connectivity index (χ4n) is 4.12. The molecule has 0 unspecified atom stereocenters. The smallest absolute Gasteiger partial charge is 0.295 e. The third-order valence-electron chi connectivity index (χ3n) is 5.90. The maximum Gasteiger partial charge on any atom is 0.295 e. The van der Waals surface area contributed by atoms with Crippen LogP contribution in [0.1, 0.15) is 31.0 Å². The Morgan fingerprint density at radius 1 is 1.12 bits per heavy atom. The van der Waals surface area contributed by atoms with Crippen molar-refractivity contribution in [2.24, 2.45) is 0 Å². The lowest BCUT2D eigenvalue weighted by Crippen LogP contribution is -2.38. The first-order chi connectivity index (χ1) is 15.4. The number of benzene rings is 2. The van der Waals surface area contributed by atoms with Crippen molar-refractivity contribution >= 4 is 17.4 Å². The van der Waals surface area contributed by atoms with E-state index in [1.165, 1.54) is 23.1 Å². The number of likely N-dealkylation sites (N-methyl/N-ethyl adjacent to an activating group) is 1. The van der Waals surface area contributed by atoms with Gasteiger partial charge in [-0.05, 0) is 49.0 Å². The molecule has 1 atom stereocenters. The molecule has 32 heavy (non-hydrogen) atoms. The fourth-order valence-corrected chi connectivity index (χ4v) is 4.12. The first-order valence-corrected chi connectivity index (χ1v) is 10.6. The quantitative estimate of drug-likeness (QED) is 0.404. The number of fused-ring (bicyclic) bond motifs is 1. The molecule has 2 aliphatic rings. The molecule has 8 heteroatoms. The van der Waals surface area contributed by atoms with E-state index < -0.39 is 23.5 Å². The van der Waals surface area contributed by atoms with Gasteiger partial charge in [-0.2, -0.15) is 0 Å². The summed E-state index contributed by atoms with van der Waals surface area (Å²) in [7, 11) is 0. The summed E-state index contributed by atoms with van der Waals surface area (Å²) in [5, 5.41) is 11.1. The fraction of sp³-hybridized carbons (Fsp3) is 0.333. The number of aliphatic hydroxyl groups is 1. The van der Waals surface area contributed by atoms with E-state index in [0.29, 0.717) is 29.2 Å².